The molecule has 2 N–H and O–H groups in total. The van der Waals surface area contributed by atoms with E-state index in [2.05, 4.69) is 16.2 Å². The van der Waals surface area contributed by atoms with Gasteiger partial charge in [0.15, 0.2) is 17.3 Å². The third kappa shape index (κ3) is 3.21. The Morgan fingerprint density at radius 1 is 1.32 bits per heavy atom. The third-order valence-corrected chi connectivity index (χ3v) is 6.25. The Labute approximate surface area is 181 Å². The highest BCUT2D eigenvalue weighted by molar-refractivity contribution is 7.12. The van der Waals surface area contributed by atoms with E-state index in [1.54, 1.807) is 34.3 Å². The Morgan fingerprint density at radius 2 is 2.16 bits per heavy atom. The number of nitrogen functional groups attached to an aromatic ring is 1. The number of halogens is 1. The summed E-state index contributed by atoms with van der Waals surface area (Å²) in [4.78, 5) is 9.99. The lowest BCUT2D eigenvalue weighted by Gasteiger charge is -2.15. The van der Waals surface area contributed by atoms with Crippen molar-refractivity contribution < 1.29 is 9.13 Å². The number of pyridine rings is 1. The smallest absolute Gasteiger partial charge is 0.170 e. The van der Waals surface area contributed by atoms with Gasteiger partial charge < -0.3 is 10.5 Å². The molecule has 0 radical (unpaired) electrons. The summed E-state index contributed by atoms with van der Waals surface area (Å²) < 4.78 is 21.7. The number of hydrogen-bond acceptors (Lipinski definition) is 7. The average Bonchev–Trinajstić information content (AvgIpc) is 3.26. The Hall–Kier alpha value is -3.77. The van der Waals surface area contributed by atoms with Gasteiger partial charge in [-0.05, 0) is 31.2 Å². The molecule has 1 aliphatic heterocycles. The fraction of sp³-hybridized carbons (Fsp3) is 0.182. The molecule has 0 saturated carbocycles. The van der Waals surface area contributed by atoms with Crippen LogP contribution < -0.4 is 10.5 Å². The van der Waals surface area contributed by atoms with Crippen LogP contribution in [0.3, 0.4) is 0 Å². The normalized spacial score (nSPS) is 12.5. The molecule has 9 heteroatoms. The fourth-order valence-electron chi connectivity index (χ4n) is 3.87. The van der Waals surface area contributed by atoms with Crippen molar-refractivity contribution in [3.8, 4) is 34.2 Å². The van der Waals surface area contributed by atoms with E-state index >= 15 is 0 Å². The maximum atomic E-state index is 14.1. The second kappa shape index (κ2) is 7.18. The van der Waals surface area contributed by atoms with Crippen LogP contribution in [0.15, 0.2) is 30.5 Å². The maximum absolute atomic E-state index is 14.1. The summed E-state index contributed by atoms with van der Waals surface area (Å²) in [5, 5.41) is 15.0. The average molecular weight is 432 g/mol. The molecule has 0 spiro atoms. The Kier molecular flexibility index (Phi) is 4.45. The summed E-state index contributed by atoms with van der Waals surface area (Å²) in [6.45, 7) is 2.04. The number of benzene rings is 1. The van der Waals surface area contributed by atoms with Gasteiger partial charge in [0, 0.05) is 46.8 Å². The van der Waals surface area contributed by atoms with Gasteiger partial charge in [0.25, 0.3) is 0 Å². The van der Waals surface area contributed by atoms with Crippen LogP contribution in [-0.2, 0) is 20.1 Å². The second-order valence-electron chi connectivity index (χ2n) is 7.28. The van der Waals surface area contributed by atoms with Crippen LogP contribution in [0.5, 0.6) is 5.75 Å². The van der Waals surface area contributed by atoms with Crippen LogP contribution in [0.1, 0.15) is 26.8 Å². The molecule has 5 rings (SSSR count). The van der Waals surface area contributed by atoms with Gasteiger partial charge in [-0.25, -0.2) is 14.4 Å². The molecule has 0 saturated heterocycles. The fourth-order valence-corrected chi connectivity index (χ4v) is 4.83. The Morgan fingerprint density at radius 3 is 2.97 bits per heavy atom. The maximum Gasteiger partial charge on any atom is 0.170 e. The molecular formula is C22H17FN6OS. The third-order valence-electron chi connectivity index (χ3n) is 5.28. The van der Waals surface area contributed by atoms with Crippen molar-refractivity contribution in [1.82, 2.24) is 19.7 Å². The number of ether oxygens (including phenoxy) is 1. The van der Waals surface area contributed by atoms with E-state index in [1.807, 2.05) is 14.0 Å². The first-order valence-electron chi connectivity index (χ1n) is 9.54. The topological polar surface area (TPSA) is 103 Å². The SMILES string of the molecule is Cc1nc2c(s1)Cc1c(c(C#N)nn1C)-c1cnc(N)c(c1)OCc1cc(F)ccc1-2. The molecule has 0 atom stereocenters. The number of aromatic nitrogens is 4. The summed E-state index contributed by atoms with van der Waals surface area (Å²) in [7, 11) is 1.81. The first-order chi connectivity index (χ1) is 14.9. The zero-order chi connectivity index (χ0) is 21.7. The van der Waals surface area contributed by atoms with Crippen molar-refractivity contribution in [2.45, 2.75) is 20.0 Å². The molecule has 0 fully saturated rings. The van der Waals surface area contributed by atoms with Crippen molar-refractivity contribution in [3.63, 3.8) is 0 Å². The van der Waals surface area contributed by atoms with E-state index in [1.165, 1.54) is 12.1 Å². The van der Waals surface area contributed by atoms with Crippen molar-refractivity contribution in [1.29, 1.82) is 5.26 Å². The van der Waals surface area contributed by atoms with Gasteiger partial charge in [-0.3, -0.25) is 4.68 Å². The van der Waals surface area contributed by atoms with Gasteiger partial charge in [-0.1, -0.05) is 0 Å². The number of rotatable bonds is 0. The molecule has 1 aliphatic rings. The summed E-state index contributed by atoms with van der Waals surface area (Å²) >= 11 is 1.57. The van der Waals surface area contributed by atoms with Crippen LogP contribution in [0.4, 0.5) is 10.2 Å². The molecular weight excluding hydrogens is 415 g/mol. The molecule has 0 amide bonds. The molecule has 31 heavy (non-hydrogen) atoms. The standard InChI is InChI=1S/C22H17FN6OS/c1-11-27-21-15-4-3-14(23)5-13(15)10-30-18-6-12(9-26-22(18)25)20-16(8-24)28-29(2)17(20)7-19(21)31-11/h3-6,9H,7,10H2,1-2H3,(H2,25,26). The molecule has 0 aliphatic carbocycles. The van der Waals surface area contributed by atoms with Crippen LogP contribution in [0.25, 0.3) is 22.4 Å². The lowest BCUT2D eigenvalue weighted by atomic mass is 9.99. The van der Waals surface area contributed by atoms with Crippen molar-refractivity contribution in [2.75, 3.05) is 5.73 Å². The molecule has 154 valence electrons. The zero-order valence-corrected chi connectivity index (χ0v) is 17.6. The van der Waals surface area contributed by atoms with Gasteiger partial charge in [-0.2, -0.15) is 10.4 Å². The largest absolute Gasteiger partial charge is 0.485 e. The lowest BCUT2D eigenvalue weighted by Crippen LogP contribution is -2.06. The quantitative estimate of drug-likeness (QED) is 0.451. The minimum Gasteiger partial charge on any atom is -0.485 e. The summed E-state index contributed by atoms with van der Waals surface area (Å²) in [5.41, 5.74) is 10.8. The predicted octanol–water partition coefficient (Wildman–Crippen LogP) is 3.99. The van der Waals surface area contributed by atoms with Crippen LogP contribution in [0, 0.1) is 24.1 Å². The van der Waals surface area contributed by atoms with Crippen LogP contribution in [-0.4, -0.2) is 19.7 Å². The molecule has 4 heterocycles. The molecule has 1 aromatic carbocycles. The number of aryl methyl sites for hydroxylation is 2. The lowest BCUT2D eigenvalue weighted by molar-refractivity contribution is 0.307. The highest BCUT2D eigenvalue weighted by Crippen LogP contribution is 2.38. The van der Waals surface area contributed by atoms with Crippen LogP contribution in [0.2, 0.25) is 0 Å². The molecule has 3 aromatic heterocycles. The molecule has 2 bridgehead atoms. The van der Waals surface area contributed by atoms with E-state index in [0.717, 1.165) is 26.8 Å². The van der Waals surface area contributed by atoms with Crippen molar-refractivity contribution in [2.24, 2.45) is 7.05 Å². The number of nitrogens with zero attached hydrogens (tertiary/aromatic N) is 5. The number of hydrogen-bond donors (Lipinski definition) is 1. The number of nitrogens with two attached hydrogens (primary N) is 1. The summed E-state index contributed by atoms with van der Waals surface area (Å²) in [5.74, 6) is 0.227. The second-order valence-corrected chi connectivity index (χ2v) is 8.57. The number of nitriles is 1. The van der Waals surface area contributed by atoms with E-state index in [9.17, 15) is 9.65 Å². The number of fused-ring (bicyclic) bond motifs is 7. The highest BCUT2D eigenvalue weighted by Gasteiger charge is 2.24. The first kappa shape index (κ1) is 19.2. The van der Waals surface area contributed by atoms with E-state index in [0.29, 0.717) is 34.6 Å². The zero-order valence-electron chi connectivity index (χ0n) is 16.8. The molecule has 4 aromatic rings. The molecule has 7 nitrogen and oxygen atoms in total. The Balaban J connectivity index is 1.82. The van der Waals surface area contributed by atoms with E-state index < -0.39 is 0 Å². The molecule has 0 unspecified atom stereocenters. The van der Waals surface area contributed by atoms with E-state index in [-0.39, 0.29) is 18.2 Å². The number of thiazole rings is 1. The Bertz CT molecular complexity index is 1380. The van der Waals surface area contributed by atoms with Gasteiger partial charge in [-0.15, -0.1) is 11.3 Å². The van der Waals surface area contributed by atoms with Crippen molar-refractivity contribution in [3.05, 3.63) is 63.1 Å². The van der Waals surface area contributed by atoms with Gasteiger partial charge in [0.2, 0.25) is 0 Å². The van der Waals surface area contributed by atoms with Gasteiger partial charge in [0.1, 0.15) is 18.5 Å². The minimum atomic E-state index is -0.352. The summed E-state index contributed by atoms with van der Waals surface area (Å²) in [6, 6.07) is 8.53. The monoisotopic (exact) mass is 432 g/mol. The van der Waals surface area contributed by atoms with Gasteiger partial charge in [0.05, 0.1) is 16.4 Å². The highest BCUT2D eigenvalue weighted by atomic mass is 32.1. The predicted molar refractivity (Wildman–Crippen MR) is 115 cm³/mol. The van der Waals surface area contributed by atoms with Crippen molar-refractivity contribution >= 4 is 17.2 Å². The van der Waals surface area contributed by atoms with E-state index in [4.69, 9.17) is 15.5 Å². The summed E-state index contributed by atoms with van der Waals surface area (Å²) in [6.07, 6.45) is 2.13. The number of anilines is 1. The first-order valence-corrected chi connectivity index (χ1v) is 10.4. The van der Waals surface area contributed by atoms with Crippen LogP contribution >= 0.6 is 11.3 Å². The van der Waals surface area contributed by atoms with Gasteiger partial charge >= 0.3 is 0 Å². The minimum absolute atomic E-state index is 0.101.